The molecular weight excluding hydrogens is 489 g/mol. The average Bonchev–Trinajstić information content (AvgIpc) is 3.07. The van der Waals surface area contributed by atoms with Crippen molar-refractivity contribution in [1.82, 2.24) is 10.3 Å². The lowest BCUT2D eigenvalue weighted by Gasteiger charge is -2.44. The molecule has 0 bridgehead atoms. The second kappa shape index (κ2) is 8.56. The minimum absolute atomic E-state index is 0.0628. The fourth-order valence-electron chi connectivity index (χ4n) is 5.06. The highest BCUT2D eigenvalue weighted by molar-refractivity contribution is 9.10. The van der Waals surface area contributed by atoms with Gasteiger partial charge < -0.3 is 15.3 Å². The van der Waals surface area contributed by atoms with Crippen LogP contribution in [0, 0.1) is 12.3 Å². The second-order valence-corrected chi connectivity index (χ2v) is 9.85. The Morgan fingerprint density at radius 3 is 2.73 bits per heavy atom. The highest BCUT2D eigenvalue weighted by atomic mass is 79.9. The van der Waals surface area contributed by atoms with Crippen LogP contribution in [0.2, 0.25) is 10.0 Å². The van der Waals surface area contributed by atoms with Crippen molar-refractivity contribution in [3.63, 3.8) is 0 Å². The van der Waals surface area contributed by atoms with Crippen LogP contribution in [0.4, 0.5) is 10.5 Å². The Hall–Kier alpha value is -1.50. The van der Waals surface area contributed by atoms with Gasteiger partial charge in [-0.2, -0.15) is 0 Å². The summed E-state index contributed by atoms with van der Waals surface area (Å²) in [5.74, 6) is 0. The van der Waals surface area contributed by atoms with Crippen molar-refractivity contribution in [3.8, 4) is 11.3 Å². The van der Waals surface area contributed by atoms with Crippen molar-refractivity contribution >= 4 is 50.9 Å². The molecule has 1 aromatic heterocycles. The molecule has 1 unspecified atom stereocenters. The van der Waals surface area contributed by atoms with E-state index in [1.807, 2.05) is 19.1 Å². The van der Waals surface area contributed by atoms with Crippen LogP contribution in [-0.2, 0) is 0 Å². The van der Waals surface area contributed by atoms with Crippen LogP contribution < -0.4 is 10.2 Å². The Balaban J connectivity index is 1.56. The van der Waals surface area contributed by atoms with Crippen molar-refractivity contribution in [2.24, 2.45) is 5.41 Å². The van der Waals surface area contributed by atoms with E-state index in [4.69, 9.17) is 28.2 Å². The molecule has 160 valence electrons. The molecule has 5 nitrogen and oxygen atoms in total. The molecule has 1 saturated carbocycles. The number of aromatic nitrogens is 1. The fraction of sp³-hybridized carbons (Fsp3) is 0.455. The Labute approximate surface area is 194 Å². The smallest absolute Gasteiger partial charge is 0.404 e. The summed E-state index contributed by atoms with van der Waals surface area (Å²) in [6.07, 6.45) is 4.16. The molecule has 1 amide bonds. The number of anilines is 1. The summed E-state index contributed by atoms with van der Waals surface area (Å²) in [5.41, 5.74) is 3.81. The minimum atomic E-state index is -0.915. The van der Waals surface area contributed by atoms with Gasteiger partial charge in [0.1, 0.15) is 4.60 Å². The molecule has 1 aliphatic heterocycles. The number of amides is 1. The summed E-state index contributed by atoms with van der Waals surface area (Å²) in [6, 6.07) is 7.78. The molecule has 2 fully saturated rings. The molecule has 1 atom stereocenters. The van der Waals surface area contributed by atoms with Crippen LogP contribution in [0.25, 0.3) is 11.3 Å². The van der Waals surface area contributed by atoms with E-state index < -0.39 is 6.09 Å². The summed E-state index contributed by atoms with van der Waals surface area (Å²) in [4.78, 5) is 18.3. The van der Waals surface area contributed by atoms with Gasteiger partial charge in [0.25, 0.3) is 0 Å². The van der Waals surface area contributed by atoms with Crippen LogP contribution >= 0.6 is 39.1 Å². The second-order valence-electron chi connectivity index (χ2n) is 8.31. The van der Waals surface area contributed by atoms with Gasteiger partial charge in [-0.1, -0.05) is 41.8 Å². The molecule has 1 aromatic carbocycles. The summed E-state index contributed by atoms with van der Waals surface area (Å²) < 4.78 is 0.779. The molecule has 1 saturated heterocycles. The largest absolute Gasteiger partial charge is 0.465 e. The van der Waals surface area contributed by atoms with Crippen molar-refractivity contribution < 1.29 is 9.90 Å². The molecule has 0 radical (unpaired) electrons. The minimum Gasteiger partial charge on any atom is -0.465 e. The van der Waals surface area contributed by atoms with Gasteiger partial charge in [0, 0.05) is 24.7 Å². The maximum atomic E-state index is 11.2. The quantitative estimate of drug-likeness (QED) is 0.458. The van der Waals surface area contributed by atoms with Gasteiger partial charge in [0.15, 0.2) is 0 Å². The third-order valence-corrected chi connectivity index (χ3v) is 8.06. The van der Waals surface area contributed by atoms with E-state index in [-0.39, 0.29) is 11.5 Å². The van der Waals surface area contributed by atoms with Crippen molar-refractivity contribution in [3.05, 3.63) is 44.5 Å². The van der Waals surface area contributed by atoms with E-state index in [1.165, 1.54) is 0 Å². The van der Waals surface area contributed by atoms with E-state index in [0.717, 1.165) is 72.3 Å². The zero-order valence-corrected chi connectivity index (χ0v) is 19.8. The highest BCUT2D eigenvalue weighted by Crippen LogP contribution is 2.47. The lowest BCUT2D eigenvalue weighted by molar-refractivity contribution is 0.149. The third kappa shape index (κ3) is 4.02. The van der Waals surface area contributed by atoms with Gasteiger partial charge in [-0.15, -0.1) is 0 Å². The molecule has 2 N–H and O–H groups in total. The molecule has 2 aliphatic rings. The first-order valence-corrected chi connectivity index (χ1v) is 11.7. The number of aryl methyl sites for hydroxylation is 1. The van der Waals surface area contributed by atoms with Gasteiger partial charge >= 0.3 is 6.09 Å². The number of rotatable bonds is 3. The maximum Gasteiger partial charge on any atom is 0.404 e. The number of benzene rings is 1. The highest BCUT2D eigenvalue weighted by Gasteiger charge is 2.45. The molecule has 1 spiro atoms. The molecule has 30 heavy (non-hydrogen) atoms. The molecule has 8 heteroatoms. The van der Waals surface area contributed by atoms with Gasteiger partial charge in [-0.25, -0.2) is 9.78 Å². The molecule has 2 heterocycles. The molecule has 4 rings (SSSR count). The lowest BCUT2D eigenvalue weighted by atomic mass is 9.74. The zero-order valence-electron chi connectivity index (χ0n) is 16.7. The number of carbonyl (C=O) groups is 1. The Bertz CT molecular complexity index is 977. The number of nitrogens with one attached hydrogen (secondary N) is 1. The summed E-state index contributed by atoms with van der Waals surface area (Å²) in [5, 5.41) is 13.0. The predicted molar refractivity (Wildman–Crippen MR) is 125 cm³/mol. The Kier molecular flexibility index (Phi) is 6.20. The van der Waals surface area contributed by atoms with Crippen molar-refractivity contribution in [1.29, 1.82) is 0 Å². The topological polar surface area (TPSA) is 65.5 Å². The van der Waals surface area contributed by atoms with Crippen molar-refractivity contribution in [2.75, 3.05) is 18.0 Å². The summed E-state index contributed by atoms with van der Waals surface area (Å²) >= 11 is 16.3. The number of piperidine rings is 1. The maximum absolute atomic E-state index is 11.2. The number of nitrogens with zero attached hydrogens (tertiary/aromatic N) is 2. The van der Waals surface area contributed by atoms with E-state index in [2.05, 4.69) is 32.2 Å². The van der Waals surface area contributed by atoms with Crippen molar-refractivity contribution in [2.45, 2.75) is 45.1 Å². The lowest BCUT2D eigenvalue weighted by Crippen LogP contribution is -2.50. The molecular formula is C22H24BrCl2N3O2. The number of pyridine rings is 1. The number of hydrogen-bond donors (Lipinski definition) is 2. The SMILES string of the molecule is Cc1cc(N2CCC3(CCCC3NC(=O)O)CC2)c(Br)nc1-c1cccc(Cl)c1Cl. The van der Waals surface area contributed by atoms with Crippen LogP contribution in [0.1, 0.15) is 37.7 Å². The Morgan fingerprint density at radius 2 is 2.03 bits per heavy atom. The molecule has 2 aromatic rings. The van der Waals surface area contributed by atoms with Gasteiger partial charge in [0.2, 0.25) is 0 Å². The number of hydrogen-bond acceptors (Lipinski definition) is 3. The van der Waals surface area contributed by atoms with E-state index in [9.17, 15) is 9.90 Å². The van der Waals surface area contributed by atoms with Crippen LogP contribution in [0.15, 0.2) is 28.9 Å². The van der Waals surface area contributed by atoms with Crippen LogP contribution in [0.3, 0.4) is 0 Å². The predicted octanol–water partition coefficient (Wildman–Crippen LogP) is 6.53. The number of halogens is 3. The normalized spacial score (nSPS) is 20.5. The average molecular weight is 513 g/mol. The van der Waals surface area contributed by atoms with Crippen LogP contribution in [0.5, 0.6) is 0 Å². The third-order valence-electron chi connectivity index (χ3n) is 6.66. The van der Waals surface area contributed by atoms with Gasteiger partial charge in [-0.3, -0.25) is 0 Å². The first-order chi connectivity index (χ1) is 14.3. The first-order valence-electron chi connectivity index (χ1n) is 10.2. The van der Waals surface area contributed by atoms with E-state index >= 15 is 0 Å². The monoisotopic (exact) mass is 511 g/mol. The standard InChI is InChI=1S/C22H24BrCl2N3O2/c1-13-12-16(20(23)27-19(13)14-4-2-5-15(24)18(14)25)28-10-8-22(9-11-28)7-3-6-17(22)26-21(29)30/h2,4-5,12,17,26H,3,6-11H2,1H3,(H,29,30). The zero-order chi connectivity index (χ0) is 21.5. The van der Waals surface area contributed by atoms with E-state index in [0.29, 0.717) is 10.0 Å². The number of carboxylic acid groups (broad SMARTS) is 1. The van der Waals surface area contributed by atoms with E-state index in [1.54, 1.807) is 6.07 Å². The van der Waals surface area contributed by atoms with Gasteiger partial charge in [0.05, 0.1) is 21.4 Å². The fourth-order valence-corrected chi connectivity index (χ4v) is 5.99. The first kappa shape index (κ1) is 21.7. The summed E-state index contributed by atoms with van der Waals surface area (Å²) in [7, 11) is 0. The molecule has 1 aliphatic carbocycles. The van der Waals surface area contributed by atoms with Gasteiger partial charge in [-0.05, 0) is 71.6 Å². The summed E-state index contributed by atoms with van der Waals surface area (Å²) in [6.45, 7) is 3.80. The van der Waals surface area contributed by atoms with Crippen LogP contribution in [-0.4, -0.2) is 35.3 Å². The Morgan fingerprint density at radius 1 is 1.30 bits per heavy atom.